The van der Waals surface area contributed by atoms with Gasteiger partial charge in [-0.25, -0.2) is 9.97 Å². The van der Waals surface area contributed by atoms with E-state index in [9.17, 15) is 0 Å². The summed E-state index contributed by atoms with van der Waals surface area (Å²) in [6.07, 6.45) is 0. The number of aryl methyl sites for hydroxylation is 1. The zero-order chi connectivity index (χ0) is 16.5. The van der Waals surface area contributed by atoms with Crippen LogP contribution in [0.1, 0.15) is 11.3 Å². The Balaban J connectivity index is 1.50. The van der Waals surface area contributed by atoms with Gasteiger partial charge >= 0.3 is 0 Å². The summed E-state index contributed by atoms with van der Waals surface area (Å²) in [5.74, 6) is 0.778. The molecule has 1 N–H and O–H groups in total. The minimum Gasteiger partial charge on any atom is -0.333 e. The van der Waals surface area contributed by atoms with Crippen LogP contribution < -0.4 is 0 Å². The lowest BCUT2D eigenvalue weighted by molar-refractivity contribution is 1.07. The molecule has 0 saturated heterocycles. The first-order valence-corrected chi connectivity index (χ1v) is 9.72. The van der Waals surface area contributed by atoms with Gasteiger partial charge in [-0.05, 0) is 30.7 Å². The summed E-state index contributed by atoms with van der Waals surface area (Å²) in [5.41, 5.74) is 5.33. The number of nitrogens with one attached hydrogen (secondary N) is 1. The molecule has 2 heterocycles. The molecule has 24 heavy (non-hydrogen) atoms. The summed E-state index contributed by atoms with van der Waals surface area (Å²) >= 11 is 9.53. The topological polar surface area (TPSA) is 41.6 Å². The molecule has 0 saturated carbocycles. The minimum absolute atomic E-state index is 0.735. The zero-order valence-electron chi connectivity index (χ0n) is 12.9. The van der Waals surface area contributed by atoms with E-state index in [2.05, 4.69) is 34.4 Å². The van der Waals surface area contributed by atoms with Gasteiger partial charge in [0.2, 0.25) is 0 Å². The highest BCUT2D eigenvalue weighted by Gasteiger charge is 2.09. The molecule has 0 fully saturated rings. The molecule has 2 aromatic heterocycles. The fourth-order valence-corrected chi connectivity index (χ4v) is 4.47. The Labute approximate surface area is 153 Å². The Hall–Kier alpha value is -1.82. The summed E-state index contributed by atoms with van der Waals surface area (Å²) in [5, 5.41) is 4.69. The molecule has 0 unspecified atom stereocenters. The number of rotatable bonds is 4. The number of thiazole rings is 1. The van der Waals surface area contributed by atoms with Crippen molar-refractivity contribution in [2.75, 3.05) is 0 Å². The highest BCUT2D eigenvalue weighted by Crippen LogP contribution is 2.31. The van der Waals surface area contributed by atoms with Crippen LogP contribution in [0.25, 0.3) is 21.6 Å². The Bertz CT molecular complexity index is 1010. The maximum Gasteiger partial charge on any atom is 0.166 e. The Morgan fingerprint density at radius 2 is 2.04 bits per heavy atom. The molecule has 4 aromatic rings. The second-order valence-electron chi connectivity index (χ2n) is 5.48. The molecular weight excluding hydrogens is 358 g/mol. The Morgan fingerprint density at radius 1 is 1.17 bits per heavy atom. The number of benzene rings is 2. The van der Waals surface area contributed by atoms with E-state index in [0.29, 0.717) is 0 Å². The summed E-state index contributed by atoms with van der Waals surface area (Å²) in [6, 6.07) is 14.0. The standard InChI is InChI=1S/C18H14ClN3S2/c1-11-6-7-15-16(8-11)22-18(21-15)24-10-12-9-23-17(20-12)13-4-2-3-5-14(13)19/h2-9H,10H2,1H3,(H,21,22). The SMILES string of the molecule is Cc1ccc2nc(SCc3csc(-c4ccccc4Cl)n3)[nH]c2c1. The highest BCUT2D eigenvalue weighted by molar-refractivity contribution is 7.98. The fraction of sp³-hybridized carbons (Fsp3) is 0.111. The average molecular weight is 372 g/mol. The lowest BCUT2D eigenvalue weighted by Crippen LogP contribution is -1.83. The van der Waals surface area contributed by atoms with E-state index in [-0.39, 0.29) is 0 Å². The number of nitrogens with zero attached hydrogens (tertiary/aromatic N) is 2. The number of aromatic nitrogens is 3. The first kappa shape index (κ1) is 15.7. The van der Waals surface area contributed by atoms with Crippen LogP contribution in [0.3, 0.4) is 0 Å². The molecule has 0 radical (unpaired) electrons. The van der Waals surface area contributed by atoms with Crippen LogP contribution in [0.15, 0.2) is 53.0 Å². The molecule has 0 aliphatic rings. The average Bonchev–Trinajstić information content (AvgIpc) is 3.19. The van der Waals surface area contributed by atoms with Gasteiger partial charge < -0.3 is 4.98 Å². The van der Waals surface area contributed by atoms with E-state index >= 15 is 0 Å². The van der Waals surface area contributed by atoms with E-state index in [0.717, 1.165) is 43.2 Å². The van der Waals surface area contributed by atoms with Crippen molar-refractivity contribution in [2.24, 2.45) is 0 Å². The van der Waals surface area contributed by atoms with Crippen molar-refractivity contribution < 1.29 is 0 Å². The third-order valence-corrected chi connectivity index (χ3v) is 5.79. The third kappa shape index (κ3) is 3.20. The van der Waals surface area contributed by atoms with Crippen molar-refractivity contribution in [3.63, 3.8) is 0 Å². The lowest BCUT2D eigenvalue weighted by Gasteiger charge is -1.98. The quantitative estimate of drug-likeness (QED) is 0.451. The summed E-state index contributed by atoms with van der Waals surface area (Å²) in [4.78, 5) is 12.7. The highest BCUT2D eigenvalue weighted by atomic mass is 35.5. The fourth-order valence-electron chi connectivity index (χ4n) is 2.44. The predicted molar refractivity (Wildman–Crippen MR) is 103 cm³/mol. The normalized spacial score (nSPS) is 11.2. The Morgan fingerprint density at radius 3 is 2.92 bits per heavy atom. The molecule has 2 aromatic carbocycles. The summed E-state index contributed by atoms with van der Waals surface area (Å²) in [6.45, 7) is 2.08. The number of fused-ring (bicyclic) bond motifs is 1. The van der Waals surface area contributed by atoms with E-state index in [4.69, 9.17) is 16.6 Å². The molecule has 0 aliphatic carbocycles. The maximum absolute atomic E-state index is 6.25. The van der Waals surface area contributed by atoms with Crippen LogP contribution in [0.5, 0.6) is 0 Å². The largest absolute Gasteiger partial charge is 0.333 e. The van der Waals surface area contributed by atoms with Crippen LogP contribution >= 0.6 is 34.7 Å². The molecule has 6 heteroatoms. The first-order valence-electron chi connectivity index (χ1n) is 7.47. The van der Waals surface area contributed by atoms with Gasteiger partial charge in [0.15, 0.2) is 5.16 Å². The number of thioether (sulfide) groups is 1. The van der Waals surface area contributed by atoms with Gasteiger partial charge in [-0.15, -0.1) is 11.3 Å². The van der Waals surface area contributed by atoms with Gasteiger partial charge in [-0.3, -0.25) is 0 Å². The summed E-state index contributed by atoms with van der Waals surface area (Å²) in [7, 11) is 0. The number of hydrogen-bond donors (Lipinski definition) is 1. The van der Waals surface area contributed by atoms with E-state index in [1.165, 1.54) is 5.56 Å². The second kappa shape index (κ2) is 6.59. The molecule has 0 bridgehead atoms. The molecule has 120 valence electrons. The number of imidazole rings is 1. The predicted octanol–water partition coefficient (Wildman–Crippen LogP) is 5.94. The smallest absolute Gasteiger partial charge is 0.166 e. The number of H-pyrrole nitrogens is 1. The van der Waals surface area contributed by atoms with Gasteiger partial charge in [0.25, 0.3) is 0 Å². The zero-order valence-corrected chi connectivity index (χ0v) is 15.3. The number of halogens is 1. The van der Waals surface area contributed by atoms with Crippen molar-refractivity contribution in [2.45, 2.75) is 17.8 Å². The van der Waals surface area contributed by atoms with Crippen LogP contribution in [0.2, 0.25) is 5.02 Å². The maximum atomic E-state index is 6.25. The van der Waals surface area contributed by atoms with Crippen molar-refractivity contribution in [3.8, 4) is 10.6 Å². The summed E-state index contributed by atoms with van der Waals surface area (Å²) < 4.78 is 0. The van der Waals surface area contributed by atoms with Gasteiger partial charge in [0.05, 0.1) is 21.7 Å². The number of aromatic amines is 1. The minimum atomic E-state index is 0.735. The van der Waals surface area contributed by atoms with Crippen molar-refractivity contribution in [3.05, 3.63) is 64.1 Å². The van der Waals surface area contributed by atoms with Crippen molar-refractivity contribution in [1.29, 1.82) is 0 Å². The second-order valence-corrected chi connectivity index (χ2v) is 7.70. The van der Waals surface area contributed by atoms with E-state index in [1.54, 1.807) is 23.1 Å². The molecule has 0 amide bonds. The van der Waals surface area contributed by atoms with Crippen LogP contribution in [-0.4, -0.2) is 15.0 Å². The van der Waals surface area contributed by atoms with Crippen molar-refractivity contribution >= 4 is 45.7 Å². The Kier molecular flexibility index (Phi) is 4.31. The van der Waals surface area contributed by atoms with Crippen LogP contribution in [0.4, 0.5) is 0 Å². The van der Waals surface area contributed by atoms with Gasteiger partial charge in [0, 0.05) is 16.7 Å². The first-order chi connectivity index (χ1) is 11.7. The van der Waals surface area contributed by atoms with Crippen LogP contribution in [0, 0.1) is 6.92 Å². The number of hydrogen-bond acceptors (Lipinski definition) is 4. The van der Waals surface area contributed by atoms with Gasteiger partial charge in [0.1, 0.15) is 5.01 Å². The van der Waals surface area contributed by atoms with Crippen molar-refractivity contribution in [1.82, 2.24) is 15.0 Å². The lowest BCUT2D eigenvalue weighted by atomic mass is 10.2. The van der Waals surface area contributed by atoms with Gasteiger partial charge in [-0.1, -0.05) is 47.6 Å². The van der Waals surface area contributed by atoms with E-state index < -0.39 is 0 Å². The molecule has 0 atom stereocenters. The molecular formula is C18H14ClN3S2. The molecule has 3 nitrogen and oxygen atoms in total. The molecule has 4 rings (SSSR count). The van der Waals surface area contributed by atoms with Gasteiger partial charge in [-0.2, -0.15) is 0 Å². The molecule has 0 spiro atoms. The third-order valence-electron chi connectivity index (χ3n) is 3.63. The monoisotopic (exact) mass is 371 g/mol. The molecule has 0 aliphatic heterocycles. The van der Waals surface area contributed by atoms with E-state index in [1.807, 2.05) is 30.3 Å². The van der Waals surface area contributed by atoms with Crippen LogP contribution in [-0.2, 0) is 5.75 Å².